The Hall–Kier alpha value is -3.01. The lowest BCUT2D eigenvalue weighted by Gasteiger charge is -2.09. The summed E-state index contributed by atoms with van der Waals surface area (Å²) in [4.78, 5) is 23.1. The average molecular weight is 404 g/mol. The molecule has 0 radical (unpaired) electrons. The molecule has 0 saturated carbocycles. The zero-order valence-electron chi connectivity index (χ0n) is 14.1. The fraction of sp³-hybridized carbons (Fsp3) is 0.222. The third kappa shape index (κ3) is 5.26. The van der Waals surface area contributed by atoms with Crippen LogP contribution in [0.3, 0.4) is 0 Å². The first-order chi connectivity index (χ1) is 13.3. The monoisotopic (exact) mass is 404 g/mol. The van der Waals surface area contributed by atoms with Gasteiger partial charge in [0.1, 0.15) is 6.61 Å². The number of esters is 2. The first-order valence-corrected chi connectivity index (χ1v) is 7.85. The number of rotatable bonds is 8. The van der Waals surface area contributed by atoms with Gasteiger partial charge < -0.3 is 14.2 Å². The molecule has 0 aliphatic carbocycles. The highest BCUT2D eigenvalue weighted by Crippen LogP contribution is 2.29. The van der Waals surface area contributed by atoms with Crippen molar-refractivity contribution < 1.29 is 45.8 Å². The zero-order chi connectivity index (χ0) is 20.7. The van der Waals surface area contributed by atoms with E-state index < -0.39 is 53.2 Å². The molecule has 2 rings (SSSR count). The lowest BCUT2D eigenvalue weighted by Crippen LogP contribution is -2.16. The predicted molar refractivity (Wildman–Crippen MR) is 84.0 cm³/mol. The van der Waals surface area contributed by atoms with E-state index in [1.165, 1.54) is 0 Å². The van der Waals surface area contributed by atoms with Gasteiger partial charge in [0.15, 0.2) is 0 Å². The van der Waals surface area contributed by atoms with Crippen molar-refractivity contribution in [1.82, 2.24) is 0 Å². The molecule has 0 bridgehead atoms. The van der Waals surface area contributed by atoms with Gasteiger partial charge in [-0.1, -0.05) is 18.2 Å². The highest BCUT2D eigenvalue weighted by molar-refractivity contribution is 5.89. The number of hydrogen-bond donors (Lipinski definition) is 0. The van der Waals surface area contributed by atoms with Crippen LogP contribution in [0.25, 0.3) is 0 Å². The standard InChI is InChI=1S/C18H13F5O5/c19-12-13(20)15(22)17(16(23)14(12)21)28-11(24)6-7-26-8-9-27-18(25)10-4-2-1-3-5-10/h1-5H,6-9H2. The van der Waals surface area contributed by atoms with Gasteiger partial charge in [-0.05, 0) is 12.1 Å². The maximum Gasteiger partial charge on any atom is 0.338 e. The number of carbonyl (C=O) groups excluding carboxylic acids is 2. The summed E-state index contributed by atoms with van der Waals surface area (Å²) in [6.45, 7) is -0.508. The molecule has 0 heterocycles. The van der Waals surface area contributed by atoms with E-state index in [9.17, 15) is 31.5 Å². The van der Waals surface area contributed by atoms with Gasteiger partial charge in [-0.15, -0.1) is 0 Å². The van der Waals surface area contributed by atoms with Crippen LogP contribution in [0.1, 0.15) is 16.8 Å². The molecule has 10 heteroatoms. The molecular weight excluding hydrogens is 391 g/mol. The van der Waals surface area contributed by atoms with Crippen molar-refractivity contribution in [3.63, 3.8) is 0 Å². The molecular formula is C18H13F5O5. The van der Waals surface area contributed by atoms with Crippen molar-refractivity contribution in [2.24, 2.45) is 0 Å². The summed E-state index contributed by atoms with van der Waals surface area (Å²) in [5, 5.41) is 0. The topological polar surface area (TPSA) is 61.8 Å². The van der Waals surface area contributed by atoms with Gasteiger partial charge in [0.25, 0.3) is 0 Å². The van der Waals surface area contributed by atoms with Gasteiger partial charge in [0, 0.05) is 0 Å². The van der Waals surface area contributed by atoms with Crippen LogP contribution < -0.4 is 4.74 Å². The molecule has 0 aliphatic heterocycles. The lowest BCUT2D eigenvalue weighted by molar-refractivity contribution is -0.136. The molecule has 150 valence electrons. The summed E-state index contributed by atoms with van der Waals surface area (Å²) in [6, 6.07) is 8.15. The summed E-state index contributed by atoms with van der Waals surface area (Å²) < 4.78 is 79.8. The minimum absolute atomic E-state index is 0.0889. The van der Waals surface area contributed by atoms with Crippen LogP contribution in [0.2, 0.25) is 0 Å². The Labute approximate surface area is 155 Å². The predicted octanol–water partition coefficient (Wildman–Crippen LogP) is 3.55. The van der Waals surface area contributed by atoms with Crippen LogP contribution in [-0.2, 0) is 14.3 Å². The van der Waals surface area contributed by atoms with E-state index in [1.54, 1.807) is 30.3 Å². The molecule has 0 atom stereocenters. The molecule has 0 unspecified atom stereocenters. The quantitative estimate of drug-likeness (QED) is 0.168. The van der Waals surface area contributed by atoms with Gasteiger partial charge in [-0.2, -0.15) is 8.78 Å². The number of ether oxygens (including phenoxy) is 3. The van der Waals surface area contributed by atoms with Crippen molar-refractivity contribution in [3.8, 4) is 5.75 Å². The average Bonchev–Trinajstić information content (AvgIpc) is 2.71. The molecule has 5 nitrogen and oxygen atoms in total. The van der Waals surface area contributed by atoms with E-state index in [0.717, 1.165) is 0 Å². The maximum atomic E-state index is 13.4. The number of carbonyl (C=O) groups is 2. The largest absolute Gasteiger partial charge is 0.460 e. The molecule has 0 saturated heterocycles. The third-order valence-corrected chi connectivity index (χ3v) is 3.31. The number of benzene rings is 2. The summed E-state index contributed by atoms with van der Waals surface area (Å²) in [6.07, 6.45) is -0.536. The van der Waals surface area contributed by atoms with Gasteiger partial charge in [0.05, 0.1) is 25.2 Å². The summed E-state index contributed by atoms with van der Waals surface area (Å²) >= 11 is 0. The van der Waals surface area contributed by atoms with Crippen LogP contribution in [0.4, 0.5) is 22.0 Å². The Morgan fingerprint density at radius 3 is 1.93 bits per heavy atom. The Balaban J connectivity index is 1.73. The van der Waals surface area contributed by atoms with Crippen molar-refractivity contribution in [3.05, 3.63) is 65.0 Å². The van der Waals surface area contributed by atoms with Gasteiger partial charge >= 0.3 is 11.9 Å². The summed E-state index contributed by atoms with van der Waals surface area (Å²) in [7, 11) is 0. The number of hydrogen-bond acceptors (Lipinski definition) is 5. The molecule has 0 aromatic heterocycles. The summed E-state index contributed by atoms with van der Waals surface area (Å²) in [5.41, 5.74) is 0.342. The normalized spacial score (nSPS) is 10.6. The van der Waals surface area contributed by atoms with Crippen molar-refractivity contribution >= 4 is 11.9 Å². The molecule has 0 spiro atoms. The van der Waals surface area contributed by atoms with Crippen molar-refractivity contribution in [1.29, 1.82) is 0 Å². The van der Waals surface area contributed by atoms with Crippen LogP contribution in [0.5, 0.6) is 5.75 Å². The van der Waals surface area contributed by atoms with E-state index in [2.05, 4.69) is 4.74 Å². The van der Waals surface area contributed by atoms with Crippen molar-refractivity contribution in [2.45, 2.75) is 6.42 Å². The Morgan fingerprint density at radius 1 is 0.750 bits per heavy atom. The SMILES string of the molecule is O=C(CCOCCOC(=O)c1ccccc1)Oc1c(F)c(F)c(F)c(F)c1F. The molecule has 2 aromatic rings. The van der Waals surface area contributed by atoms with Crippen LogP contribution in [-0.4, -0.2) is 31.8 Å². The van der Waals surface area contributed by atoms with Gasteiger partial charge in [-0.25, -0.2) is 18.0 Å². The second-order valence-electron chi connectivity index (χ2n) is 5.24. The first kappa shape index (κ1) is 21.3. The van der Waals surface area contributed by atoms with E-state index >= 15 is 0 Å². The Kier molecular flexibility index (Phi) is 7.44. The van der Waals surface area contributed by atoms with Gasteiger partial charge in [-0.3, -0.25) is 4.79 Å². The number of halogens is 5. The molecule has 2 aromatic carbocycles. The zero-order valence-corrected chi connectivity index (χ0v) is 14.1. The maximum absolute atomic E-state index is 13.4. The second kappa shape index (κ2) is 9.79. The Bertz CT molecular complexity index is 828. The fourth-order valence-corrected chi connectivity index (χ4v) is 1.95. The highest BCUT2D eigenvalue weighted by atomic mass is 19.2. The van der Waals surface area contributed by atoms with Crippen molar-refractivity contribution in [2.75, 3.05) is 19.8 Å². The Morgan fingerprint density at radius 2 is 1.32 bits per heavy atom. The third-order valence-electron chi connectivity index (χ3n) is 3.31. The second-order valence-corrected chi connectivity index (χ2v) is 5.24. The van der Waals surface area contributed by atoms with Crippen LogP contribution in [0, 0.1) is 29.1 Å². The van der Waals surface area contributed by atoms with E-state index in [4.69, 9.17) is 9.47 Å². The minimum Gasteiger partial charge on any atom is -0.460 e. The first-order valence-electron chi connectivity index (χ1n) is 7.85. The molecule has 0 N–H and O–H groups in total. The highest BCUT2D eigenvalue weighted by Gasteiger charge is 2.28. The smallest absolute Gasteiger partial charge is 0.338 e. The molecule has 28 heavy (non-hydrogen) atoms. The van der Waals surface area contributed by atoms with E-state index in [-0.39, 0.29) is 19.8 Å². The van der Waals surface area contributed by atoms with Crippen LogP contribution in [0.15, 0.2) is 30.3 Å². The van der Waals surface area contributed by atoms with E-state index in [0.29, 0.717) is 5.56 Å². The minimum atomic E-state index is -2.36. The fourth-order valence-electron chi connectivity index (χ4n) is 1.95. The van der Waals surface area contributed by atoms with E-state index in [1.807, 2.05) is 0 Å². The molecule has 0 amide bonds. The summed E-state index contributed by atoms with van der Waals surface area (Å²) in [5.74, 6) is -14.8. The van der Waals surface area contributed by atoms with Gasteiger partial charge in [0.2, 0.25) is 34.8 Å². The molecule has 0 fully saturated rings. The lowest BCUT2D eigenvalue weighted by atomic mass is 10.2. The van der Waals surface area contributed by atoms with Crippen LogP contribution >= 0.6 is 0 Å². The molecule has 0 aliphatic rings.